The minimum atomic E-state index is 0.968. The van der Waals surface area contributed by atoms with Gasteiger partial charge in [0.2, 0.25) is 0 Å². The first-order valence-corrected chi connectivity index (χ1v) is 3.53. The topological polar surface area (TPSA) is 12.9 Å². The second-order valence-corrected chi connectivity index (χ2v) is 2.43. The highest BCUT2D eigenvalue weighted by molar-refractivity contribution is 5.47. The van der Waals surface area contributed by atoms with E-state index >= 15 is 0 Å². The zero-order valence-corrected chi connectivity index (χ0v) is 6.62. The molecule has 1 aromatic heterocycles. The van der Waals surface area contributed by atoms with Crippen LogP contribution in [0.15, 0.2) is 42.6 Å². The molecule has 1 aromatic rings. The van der Waals surface area contributed by atoms with E-state index in [4.69, 9.17) is 0 Å². The molecule has 1 nitrogen and oxygen atoms in total. The molecule has 0 N–H and O–H groups in total. The Bertz CT molecular complexity index is 259. The Morgan fingerprint density at radius 2 is 2.36 bits per heavy atom. The van der Waals surface area contributed by atoms with Gasteiger partial charge in [-0.3, -0.25) is 4.98 Å². The highest BCUT2D eigenvalue weighted by atomic mass is 14.6. The van der Waals surface area contributed by atoms with Crippen LogP contribution in [-0.2, 0) is 0 Å². The minimum Gasteiger partial charge on any atom is -0.257 e. The minimum absolute atomic E-state index is 0.968. The molecule has 0 aliphatic heterocycles. The maximum Gasteiger partial charge on any atom is 0.0629 e. The molecule has 0 saturated carbocycles. The molecule has 1 heteroatoms. The smallest absolute Gasteiger partial charge is 0.0629 e. The fourth-order valence-corrected chi connectivity index (χ4v) is 0.702. The van der Waals surface area contributed by atoms with Gasteiger partial charge >= 0.3 is 0 Å². The van der Waals surface area contributed by atoms with Gasteiger partial charge in [0.05, 0.1) is 5.69 Å². The van der Waals surface area contributed by atoms with Crippen LogP contribution in [0.2, 0.25) is 0 Å². The van der Waals surface area contributed by atoms with E-state index in [-0.39, 0.29) is 0 Å². The first-order valence-electron chi connectivity index (χ1n) is 3.53. The van der Waals surface area contributed by atoms with Crippen LogP contribution in [0.4, 0.5) is 0 Å². The van der Waals surface area contributed by atoms with Gasteiger partial charge in [0.25, 0.3) is 0 Å². The van der Waals surface area contributed by atoms with E-state index in [0.29, 0.717) is 0 Å². The molecule has 0 atom stereocenters. The number of hydrogen-bond donors (Lipinski definition) is 0. The van der Waals surface area contributed by atoms with Crippen molar-refractivity contribution in [3.63, 3.8) is 0 Å². The SMILES string of the molecule is C=C(C)/C=C/c1ccccn1. The first-order chi connectivity index (χ1) is 5.29. The van der Waals surface area contributed by atoms with Crippen molar-refractivity contribution in [3.8, 4) is 0 Å². The van der Waals surface area contributed by atoms with Crippen molar-refractivity contribution in [2.24, 2.45) is 0 Å². The van der Waals surface area contributed by atoms with Crippen molar-refractivity contribution < 1.29 is 0 Å². The number of hydrogen-bond acceptors (Lipinski definition) is 1. The van der Waals surface area contributed by atoms with E-state index in [1.165, 1.54) is 0 Å². The molecule has 0 aliphatic carbocycles. The Morgan fingerprint density at radius 3 is 2.91 bits per heavy atom. The number of pyridine rings is 1. The predicted octanol–water partition coefficient (Wildman–Crippen LogP) is 2.67. The van der Waals surface area contributed by atoms with Gasteiger partial charge in [-0.2, -0.15) is 0 Å². The molecule has 11 heavy (non-hydrogen) atoms. The monoisotopic (exact) mass is 145 g/mol. The van der Waals surface area contributed by atoms with Crippen molar-refractivity contribution in [1.82, 2.24) is 4.98 Å². The van der Waals surface area contributed by atoms with E-state index in [0.717, 1.165) is 11.3 Å². The molecular weight excluding hydrogens is 134 g/mol. The molecule has 0 bridgehead atoms. The summed E-state index contributed by atoms with van der Waals surface area (Å²) in [7, 11) is 0. The first kappa shape index (κ1) is 7.73. The number of allylic oxidation sites excluding steroid dienone is 2. The standard InChI is InChI=1S/C10H11N/c1-9(2)6-7-10-5-3-4-8-11-10/h3-8H,1H2,2H3/b7-6+. The predicted molar refractivity (Wildman–Crippen MR) is 48.1 cm³/mol. The largest absolute Gasteiger partial charge is 0.257 e. The van der Waals surface area contributed by atoms with Crippen molar-refractivity contribution in [2.45, 2.75) is 6.92 Å². The van der Waals surface area contributed by atoms with Gasteiger partial charge in [0, 0.05) is 6.20 Å². The molecule has 0 spiro atoms. The van der Waals surface area contributed by atoms with E-state index < -0.39 is 0 Å². The van der Waals surface area contributed by atoms with E-state index in [2.05, 4.69) is 11.6 Å². The molecule has 0 aromatic carbocycles. The molecule has 0 fully saturated rings. The highest BCUT2D eigenvalue weighted by Gasteiger charge is 1.82. The Morgan fingerprint density at radius 1 is 1.55 bits per heavy atom. The summed E-state index contributed by atoms with van der Waals surface area (Å²) in [5.41, 5.74) is 2.01. The number of nitrogens with zero attached hydrogens (tertiary/aromatic N) is 1. The molecule has 56 valence electrons. The van der Waals surface area contributed by atoms with E-state index in [9.17, 15) is 0 Å². The van der Waals surface area contributed by atoms with Crippen LogP contribution in [-0.4, -0.2) is 4.98 Å². The van der Waals surface area contributed by atoms with Crippen LogP contribution in [0, 0.1) is 0 Å². The molecule has 0 aliphatic rings. The zero-order valence-electron chi connectivity index (χ0n) is 6.62. The Labute approximate surface area is 67.1 Å². The van der Waals surface area contributed by atoms with Gasteiger partial charge < -0.3 is 0 Å². The van der Waals surface area contributed by atoms with Crippen LogP contribution in [0.1, 0.15) is 12.6 Å². The summed E-state index contributed by atoms with van der Waals surface area (Å²) in [6.07, 6.45) is 5.67. The van der Waals surface area contributed by atoms with Gasteiger partial charge in [-0.05, 0) is 25.1 Å². The summed E-state index contributed by atoms with van der Waals surface area (Å²) in [6.45, 7) is 5.71. The Hall–Kier alpha value is -1.37. The number of rotatable bonds is 2. The Balaban J connectivity index is 2.72. The molecule has 0 saturated heterocycles. The van der Waals surface area contributed by atoms with Crippen molar-refractivity contribution >= 4 is 6.08 Å². The zero-order chi connectivity index (χ0) is 8.10. The summed E-state index contributed by atoms with van der Waals surface area (Å²) in [6, 6.07) is 5.82. The maximum atomic E-state index is 4.12. The van der Waals surface area contributed by atoms with Crippen LogP contribution in [0.3, 0.4) is 0 Å². The summed E-state index contributed by atoms with van der Waals surface area (Å²) >= 11 is 0. The summed E-state index contributed by atoms with van der Waals surface area (Å²) < 4.78 is 0. The average Bonchev–Trinajstić information content (AvgIpc) is 2.03. The lowest BCUT2D eigenvalue weighted by Crippen LogP contribution is -1.75. The van der Waals surface area contributed by atoms with Crippen LogP contribution < -0.4 is 0 Å². The number of aromatic nitrogens is 1. The van der Waals surface area contributed by atoms with Crippen molar-refractivity contribution in [3.05, 3.63) is 48.3 Å². The summed E-state index contributed by atoms with van der Waals surface area (Å²) in [5.74, 6) is 0. The molecular formula is C10H11N. The molecule has 1 heterocycles. The lowest BCUT2D eigenvalue weighted by Gasteiger charge is -1.89. The normalized spacial score (nSPS) is 10.3. The van der Waals surface area contributed by atoms with Crippen LogP contribution in [0.25, 0.3) is 6.08 Å². The van der Waals surface area contributed by atoms with Crippen molar-refractivity contribution in [2.75, 3.05) is 0 Å². The summed E-state index contributed by atoms with van der Waals surface area (Å²) in [4.78, 5) is 4.12. The lowest BCUT2D eigenvalue weighted by atomic mass is 10.2. The average molecular weight is 145 g/mol. The maximum absolute atomic E-state index is 4.12. The molecule has 0 radical (unpaired) electrons. The third-order valence-electron chi connectivity index (χ3n) is 1.23. The van der Waals surface area contributed by atoms with Gasteiger partial charge in [0.15, 0.2) is 0 Å². The van der Waals surface area contributed by atoms with Crippen LogP contribution in [0.5, 0.6) is 0 Å². The molecule has 0 unspecified atom stereocenters. The van der Waals surface area contributed by atoms with E-state index in [1.807, 2.05) is 37.3 Å². The fraction of sp³-hybridized carbons (Fsp3) is 0.100. The second-order valence-electron chi connectivity index (χ2n) is 2.43. The highest BCUT2D eigenvalue weighted by Crippen LogP contribution is 1.99. The van der Waals surface area contributed by atoms with Gasteiger partial charge in [0.1, 0.15) is 0 Å². The molecule has 0 amide bonds. The van der Waals surface area contributed by atoms with Gasteiger partial charge in [-0.1, -0.05) is 24.3 Å². The third-order valence-corrected chi connectivity index (χ3v) is 1.23. The van der Waals surface area contributed by atoms with E-state index in [1.54, 1.807) is 6.20 Å². The second kappa shape index (κ2) is 3.71. The van der Waals surface area contributed by atoms with Gasteiger partial charge in [-0.25, -0.2) is 0 Å². The Kier molecular flexibility index (Phi) is 2.61. The quantitative estimate of drug-likeness (QED) is 0.583. The summed E-state index contributed by atoms with van der Waals surface area (Å²) in [5, 5.41) is 0. The lowest BCUT2D eigenvalue weighted by molar-refractivity contribution is 1.29. The van der Waals surface area contributed by atoms with Crippen LogP contribution >= 0.6 is 0 Å². The third kappa shape index (κ3) is 2.80. The van der Waals surface area contributed by atoms with Crippen molar-refractivity contribution in [1.29, 1.82) is 0 Å². The van der Waals surface area contributed by atoms with Gasteiger partial charge in [-0.15, -0.1) is 0 Å². The molecule has 1 rings (SSSR count). The fourth-order valence-electron chi connectivity index (χ4n) is 0.702.